The van der Waals surface area contributed by atoms with Gasteiger partial charge in [-0.3, -0.25) is 4.79 Å². The maximum absolute atomic E-state index is 13.2. The lowest BCUT2D eigenvalue weighted by atomic mass is 10.2. The van der Waals surface area contributed by atoms with Crippen LogP contribution in [0.5, 0.6) is 0 Å². The van der Waals surface area contributed by atoms with Gasteiger partial charge in [0.05, 0.1) is 17.4 Å². The first-order valence-corrected chi connectivity index (χ1v) is 6.64. The third-order valence-electron chi connectivity index (χ3n) is 3.33. The van der Waals surface area contributed by atoms with Crippen LogP contribution in [0.3, 0.4) is 0 Å². The number of benzene rings is 1. The Morgan fingerprint density at radius 2 is 1.95 bits per heavy atom. The molecule has 0 aliphatic rings. The van der Waals surface area contributed by atoms with Crippen LogP contribution in [0, 0.1) is 11.6 Å². The van der Waals surface area contributed by atoms with Crippen LogP contribution in [0.2, 0.25) is 0 Å². The Bertz CT molecular complexity index is 620. The molecule has 2 aromatic rings. The van der Waals surface area contributed by atoms with Crippen molar-refractivity contribution in [2.45, 2.75) is 39.3 Å². The maximum atomic E-state index is 13.2. The molecule has 0 spiro atoms. The molecule has 108 valence electrons. The highest BCUT2D eigenvalue weighted by molar-refractivity contribution is 5.80. The summed E-state index contributed by atoms with van der Waals surface area (Å²) >= 11 is 0. The summed E-state index contributed by atoms with van der Waals surface area (Å²) in [6.07, 6.45) is 3.12. The van der Waals surface area contributed by atoms with Gasteiger partial charge in [-0.25, -0.2) is 13.8 Å². The molecule has 1 aromatic heterocycles. The average Bonchev–Trinajstić information content (AvgIpc) is 2.79. The van der Waals surface area contributed by atoms with Crippen LogP contribution in [0.1, 0.15) is 26.7 Å². The number of halogens is 2. The van der Waals surface area contributed by atoms with Crippen molar-refractivity contribution in [1.82, 2.24) is 14.9 Å². The highest BCUT2D eigenvalue weighted by Crippen LogP contribution is 2.17. The number of amides is 1. The normalized spacial score (nSPS) is 11.2. The van der Waals surface area contributed by atoms with E-state index in [0.717, 1.165) is 25.0 Å². The van der Waals surface area contributed by atoms with E-state index in [2.05, 4.69) is 10.3 Å². The standard InChI is InChI=1S/C14H17F2N3O/c1-3-9(4-2)18-14(20)7-19-8-17-12-5-10(15)11(16)6-13(12)19/h5-6,8-9H,3-4,7H2,1-2H3,(H,18,20). The van der Waals surface area contributed by atoms with E-state index < -0.39 is 11.6 Å². The zero-order valence-electron chi connectivity index (χ0n) is 11.5. The highest BCUT2D eigenvalue weighted by Gasteiger charge is 2.13. The van der Waals surface area contributed by atoms with Gasteiger partial charge in [-0.05, 0) is 12.8 Å². The van der Waals surface area contributed by atoms with Crippen molar-refractivity contribution >= 4 is 16.9 Å². The number of carbonyl (C=O) groups is 1. The zero-order valence-corrected chi connectivity index (χ0v) is 11.5. The molecule has 2 rings (SSSR count). The number of carbonyl (C=O) groups excluding carboxylic acids is 1. The molecule has 1 aromatic carbocycles. The lowest BCUT2D eigenvalue weighted by Crippen LogP contribution is -2.36. The Morgan fingerprint density at radius 3 is 2.60 bits per heavy atom. The van der Waals surface area contributed by atoms with Crippen molar-refractivity contribution in [1.29, 1.82) is 0 Å². The molecule has 0 radical (unpaired) electrons. The number of rotatable bonds is 5. The average molecular weight is 281 g/mol. The number of hydrogen-bond acceptors (Lipinski definition) is 2. The first-order valence-electron chi connectivity index (χ1n) is 6.64. The fourth-order valence-electron chi connectivity index (χ4n) is 2.10. The summed E-state index contributed by atoms with van der Waals surface area (Å²) in [5.74, 6) is -2.05. The van der Waals surface area contributed by atoms with Crippen molar-refractivity contribution in [2.24, 2.45) is 0 Å². The Labute approximate surface area is 115 Å². The first kappa shape index (κ1) is 14.4. The van der Waals surface area contributed by atoms with E-state index in [1.807, 2.05) is 13.8 Å². The summed E-state index contributed by atoms with van der Waals surface area (Å²) < 4.78 is 27.8. The van der Waals surface area contributed by atoms with Crippen LogP contribution >= 0.6 is 0 Å². The van der Waals surface area contributed by atoms with E-state index in [0.29, 0.717) is 11.0 Å². The lowest BCUT2D eigenvalue weighted by Gasteiger charge is -2.15. The fourth-order valence-corrected chi connectivity index (χ4v) is 2.10. The second kappa shape index (κ2) is 5.98. The number of hydrogen-bond donors (Lipinski definition) is 1. The van der Waals surface area contributed by atoms with Gasteiger partial charge in [-0.15, -0.1) is 0 Å². The Kier molecular flexibility index (Phi) is 4.32. The van der Waals surface area contributed by atoms with E-state index in [1.54, 1.807) is 0 Å². The van der Waals surface area contributed by atoms with Gasteiger partial charge in [0.1, 0.15) is 6.54 Å². The molecule has 4 nitrogen and oxygen atoms in total. The molecule has 0 aliphatic heterocycles. The molecule has 1 heterocycles. The highest BCUT2D eigenvalue weighted by atomic mass is 19.2. The minimum absolute atomic E-state index is 0.0398. The summed E-state index contributed by atoms with van der Waals surface area (Å²) in [6, 6.07) is 2.22. The molecule has 1 N–H and O–H groups in total. The predicted molar refractivity (Wildman–Crippen MR) is 72.2 cm³/mol. The second-order valence-electron chi connectivity index (χ2n) is 4.71. The van der Waals surface area contributed by atoms with Gasteiger partial charge >= 0.3 is 0 Å². The smallest absolute Gasteiger partial charge is 0.240 e. The number of nitrogens with one attached hydrogen (secondary N) is 1. The molecule has 0 saturated carbocycles. The van der Waals surface area contributed by atoms with Crippen LogP contribution < -0.4 is 5.32 Å². The third kappa shape index (κ3) is 2.95. The number of imidazole rings is 1. The molecular weight excluding hydrogens is 264 g/mol. The van der Waals surface area contributed by atoms with Gasteiger partial charge in [0, 0.05) is 18.2 Å². The third-order valence-corrected chi connectivity index (χ3v) is 3.33. The molecule has 0 unspecified atom stereocenters. The van der Waals surface area contributed by atoms with Crippen molar-refractivity contribution in [3.8, 4) is 0 Å². The van der Waals surface area contributed by atoms with Crippen LogP contribution in [-0.2, 0) is 11.3 Å². The van der Waals surface area contributed by atoms with Gasteiger partial charge in [0.25, 0.3) is 0 Å². The molecule has 0 bridgehead atoms. The van der Waals surface area contributed by atoms with Crippen LogP contribution in [0.25, 0.3) is 11.0 Å². The summed E-state index contributed by atoms with van der Waals surface area (Å²) in [6.45, 7) is 4.04. The van der Waals surface area contributed by atoms with Crippen LogP contribution in [0.15, 0.2) is 18.5 Å². The first-order chi connectivity index (χ1) is 9.55. The number of aromatic nitrogens is 2. The summed E-state index contributed by atoms with van der Waals surface area (Å²) in [5.41, 5.74) is 0.739. The molecule has 0 atom stereocenters. The van der Waals surface area contributed by atoms with Crippen molar-refractivity contribution < 1.29 is 13.6 Å². The zero-order chi connectivity index (χ0) is 14.7. The van der Waals surface area contributed by atoms with Gasteiger partial charge < -0.3 is 9.88 Å². The van der Waals surface area contributed by atoms with Crippen molar-refractivity contribution in [3.63, 3.8) is 0 Å². The molecule has 1 amide bonds. The Balaban J connectivity index is 2.18. The Hall–Kier alpha value is -1.98. The molecular formula is C14H17F2N3O. The molecule has 6 heteroatoms. The molecule has 20 heavy (non-hydrogen) atoms. The van der Waals surface area contributed by atoms with Crippen LogP contribution in [-0.4, -0.2) is 21.5 Å². The largest absolute Gasteiger partial charge is 0.352 e. The predicted octanol–water partition coefficient (Wildman–Crippen LogP) is 2.62. The summed E-state index contributed by atoms with van der Waals surface area (Å²) in [7, 11) is 0. The fraction of sp³-hybridized carbons (Fsp3) is 0.429. The minimum atomic E-state index is -0.945. The van der Waals surface area contributed by atoms with E-state index in [1.165, 1.54) is 10.9 Å². The monoisotopic (exact) mass is 281 g/mol. The van der Waals surface area contributed by atoms with E-state index >= 15 is 0 Å². The number of nitrogens with zero attached hydrogens (tertiary/aromatic N) is 2. The Morgan fingerprint density at radius 1 is 1.30 bits per heavy atom. The quantitative estimate of drug-likeness (QED) is 0.915. The van der Waals surface area contributed by atoms with Gasteiger partial charge in [0.15, 0.2) is 11.6 Å². The molecule has 0 fully saturated rings. The van der Waals surface area contributed by atoms with E-state index in [9.17, 15) is 13.6 Å². The second-order valence-corrected chi connectivity index (χ2v) is 4.71. The van der Waals surface area contributed by atoms with Crippen molar-refractivity contribution in [2.75, 3.05) is 0 Å². The molecule has 0 aliphatic carbocycles. The maximum Gasteiger partial charge on any atom is 0.240 e. The SMILES string of the molecule is CCC(CC)NC(=O)Cn1cnc2cc(F)c(F)cc21. The van der Waals surface area contributed by atoms with Gasteiger partial charge in [-0.2, -0.15) is 0 Å². The molecule has 0 saturated heterocycles. The van der Waals surface area contributed by atoms with Gasteiger partial charge in [0.2, 0.25) is 5.91 Å². The summed E-state index contributed by atoms with van der Waals surface area (Å²) in [5, 5.41) is 2.89. The summed E-state index contributed by atoms with van der Waals surface area (Å²) in [4.78, 5) is 15.9. The minimum Gasteiger partial charge on any atom is -0.352 e. The van der Waals surface area contributed by atoms with E-state index in [-0.39, 0.29) is 18.5 Å². The van der Waals surface area contributed by atoms with Gasteiger partial charge in [-0.1, -0.05) is 13.8 Å². The topological polar surface area (TPSA) is 46.9 Å². The lowest BCUT2D eigenvalue weighted by molar-refractivity contribution is -0.122. The number of fused-ring (bicyclic) bond motifs is 1. The van der Waals surface area contributed by atoms with Crippen LogP contribution in [0.4, 0.5) is 8.78 Å². The van der Waals surface area contributed by atoms with E-state index in [4.69, 9.17) is 0 Å². The van der Waals surface area contributed by atoms with Crippen molar-refractivity contribution in [3.05, 3.63) is 30.1 Å².